The zero-order chi connectivity index (χ0) is 22.9. The van der Waals surface area contributed by atoms with Gasteiger partial charge in [0.1, 0.15) is 17.4 Å². The highest BCUT2D eigenvalue weighted by atomic mass is 16.5. The molecule has 3 rings (SSSR count). The number of rotatable bonds is 8. The molecule has 0 saturated carbocycles. The molecule has 166 valence electrons. The predicted molar refractivity (Wildman–Crippen MR) is 122 cm³/mol. The zero-order valence-electron chi connectivity index (χ0n) is 18.3. The zero-order valence-corrected chi connectivity index (χ0v) is 18.3. The van der Waals surface area contributed by atoms with Gasteiger partial charge in [-0.3, -0.25) is 9.59 Å². The van der Waals surface area contributed by atoms with E-state index in [-0.39, 0.29) is 24.2 Å². The van der Waals surface area contributed by atoms with Crippen molar-refractivity contribution in [1.29, 1.82) is 5.26 Å². The van der Waals surface area contributed by atoms with Crippen LogP contribution in [0.2, 0.25) is 0 Å². The number of benzene rings is 2. The van der Waals surface area contributed by atoms with Crippen molar-refractivity contribution in [3.8, 4) is 11.8 Å². The van der Waals surface area contributed by atoms with Gasteiger partial charge in [-0.2, -0.15) is 5.26 Å². The molecule has 2 aromatic carbocycles. The molecule has 0 bridgehead atoms. The second-order valence-corrected chi connectivity index (χ2v) is 7.72. The van der Waals surface area contributed by atoms with Gasteiger partial charge in [-0.25, -0.2) is 0 Å². The topological polar surface area (TPSA) is 100 Å². The maximum atomic E-state index is 12.5. The van der Waals surface area contributed by atoms with Crippen LogP contribution >= 0.6 is 0 Å². The van der Waals surface area contributed by atoms with Crippen molar-refractivity contribution in [3.63, 3.8) is 0 Å². The van der Waals surface area contributed by atoms with Crippen molar-refractivity contribution in [2.75, 3.05) is 25.1 Å². The molecule has 1 fully saturated rings. The van der Waals surface area contributed by atoms with Crippen LogP contribution in [-0.4, -0.2) is 37.7 Å². The number of hydrogen-bond acceptors (Lipinski definition) is 5. The van der Waals surface area contributed by atoms with Gasteiger partial charge < -0.3 is 20.1 Å². The number of nitrogens with one attached hydrogen (secondary N) is 2. The minimum absolute atomic E-state index is 0.00888. The number of amides is 2. The van der Waals surface area contributed by atoms with Crippen LogP contribution in [0.3, 0.4) is 0 Å². The average Bonchev–Trinajstić information content (AvgIpc) is 3.31. The highest BCUT2D eigenvalue weighted by Gasteiger charge is 2.16. The van der Waals surface area contributed by atoms with E-state index in [2.05, 4.69) is 10.6 Å². The molecular formula is C25H27N3O4. The molecule has 2 aromatic rings. The van der Waals surface area contributed by atoms with Crippen LogP contribution in [0.15, 0.2) is 48.0 Å². The summed E-state index contributed by atoms with van der Waals surface area (Å²) >= 11 is 0. The van der Waals surface area contributed by atoms with Crippen molar-refractivity contribution >= 4 is 23.6 Å². The van der Waals surface area contributed by atoms with Gasteiger partial charge >= 0.3 is 0 Å². The molecule has 0 aliphatic carbocycles. The van der Waals surface area contributed by atoms with E-state index in [1.807, 2.05) is 32.0 Å². The number of nitrogens with zero attached hydrogens (tertiary/aromatic N) is 1. The Morgan fingerprint density at radius 2 is 1.97 bits per heavy atom. The quantitative estimate of drug-likeness (QED) is 0.490. The Morgan fingerprint density at radius 3 is 2.62 bits per heavy atom. The average molecular weight is 434 g/mol. The second-order valence-electron chi connectivity index (χ2n) is 7.72. The molecule has 1 unspecified atom stereocenters. The van der Waals surface area contributed by atoms with Gasteiger partial charge in [0, 0.05) is 18.8 Å². The normalized spacial score (nSPS) is 15.7. The van der Waals surface area contributed by atoms with E-state index in [9.17, 15) is 14.9 Å². The van der Waals surface area contributed by atoms with E-state index in [0.717, 1.165) is 30.6 Å². The van der Waals surface area contributed by atoms with Gasteiger partial charge in [0.25, 0.3) is 11.8 Å². The van der Waals surface area contributed by atoms with Gasteiger partial charge in [-0.05, 0) is 73.7 Å². The van der Waals surface area contributed by atoms with E-state index in [4.69, 9.17) is 9.47 Å². The van der Waals surface area contributed by atoms with Crippen LogP contribution < -0.4 is 15.4 Å². The van der Waals surface area contributed by atoms with Gasteiger partial charge in [0.15, 0.2) is 6.61 Å². The molecule has 7 heteroatoms. The SMILES string of the molecule is Cc1ccc(NC(=O)/C(C#N)=C/c2ccc(OCC(=O)NCC3CCCO3)cc2)cc1C. The summed E-state index contributed by atoms with van der Waals surface area (Å²) in [5.74, 6) is -0.161. The molecule has 0 spiro atoms. The van der Waals surface area contributed by atoms with Crippen LogP contribution in [0.1, 0.15) is 29.5 Å². The van der Waals surface area contributed by atoms with E-state index >= 15 is 0 Å². The molecule has 1 saturated heterocycles. The van der Waals surface area contributed by atoms with Gasteiger partial charge in [0.05, 0.1) is 6.10 Å². The number of ether oxygens (including phenoxy) is 2. The van der Waals surface area contributed by atoms with Crippen molar-refractivity contribution in [3.05, 3.63) is 64.7 Å². The Morgan fingerprint density at radius 1 is 1.19 bits per heavy atom. The largest absolute Gasteiger partial charge is 0.484 e. The van der Waals surface area contributed by atoms with Gasteiger partial charge in [0.2, 0.25) is 0 Å². The fraction of sp³-hybridized carbons (Fsp3) is 0.320. The Bertz CT molecular complexity index is 1030. The first kappa shape index (κ1) is 23.0. The Kier molecular flexibility index (Phi) is 8.01. The third-order valence-electron chi connectivity index (χ3n) is 5.24. The van der Waals surface area contributed by atoms with E-state index < -0.39 is 5.91 Å². The Balaban J connectivity index is 1.52. The fourth-order valence-electron chi connectivity index (χ4n) is 3.23. The van der Waals surface area contributed by atoms with Crippen LogP contribution in [0, 0.1) is 25.2 Å². The monoisotopic (exact) mass is 433 g/mol. The van der Waals surface area contributed by atoms with Crippen LogP contribution in [0.25, 0.3) is 6.08 Å². The summed E-state index contributed by atoms with van der Waals surface area (Å²) in [6.45, 7) is 5.10. The van der Waals surface area contributed by atoms with E-state index in [1.165, 1.54) is 6.08 Å². The molecule has 1 aliphatic heterocycles. The number of aryl methyl sites for hydroxylation is 2. The number of carbonyl (C=O) groups excluding carboxylic acids is 2. The van der Waals surface area contributed by atoms with Crippen molar-refractivity contribution in [1.82, 2.24) is 5.32 Å². The highest BCUT2D eigenvalue weighted by molar-refractivity contribution is 6.09. The maximum absolute atomic E-state index is 12.5. The molecule has 1 heterocycles. The number of nitriles is 1. The Labute approximate surface area is 188 Å². The lowest BCUT2D eigenvalue weighted by Crippen LogP contribution is -2.35. The lowest BCUT2D eigenvalue weighted by molar-refractivity contribution is -0.123. The summed E-state index contributed by atoms with van der Waals surface area (Å²) in [6.07, 6.45) is 3.59. The van der Waals surface area contributed by atoms with Gasteiger partial charge in [-0.15, -0.1) is 0 Å². The third kappa shape index (κ3) is 6.69. The number of hydrogen-bond donors (Lipinski definition) is 2. The smallest absolute Gasteiger partial charge is 0.266 e. The number of carbonyl (C=O) groups is 2. The Hall–Kier alpha value is -3.63. The standard InChI is InChI=1S/C25H27N3O4/c1-17-5-8-21(12-18(17)2)28-25(30)20(14-26)13-19-6-9-22(10-7-19)32-16-24(29)27-15-23-4-3-11-31-23/h5-10,12-13,23H,3-4,11,15-16H2,1-2H3,(H,27,29)(H,28,30)/b20-13+. The molecule has 7 nitrogen and oxygen atoms in total. The molecule has 0 radical (unpaired) electrons. The van der Waals surface area contributed by atoms with Gasteiger partial charge in [-0.1, -0.05) is 18.2 Å². The molecule has 2 N–H and O–H groups in total. The van der Waals surface area contributed by atoms with Crippen LogP contribution in [0.5, 0.6) is 5.75 Å². The first-order valence-electron chi connectivity index (χ1n) is 10.6. The summed E-state index contributed by atoms with van der Waals surface area (Å²) in [5.41, 5.74) is 3.49. The molecule has 1 aliphatic rings. The fourth-order valence-corrected chi connectivity index (χ4v) is 3.23. The van der Waals surface area contributed by atoms with E-state index in [0.29, 0.717) is 23.5 Å². The highest BCUT2D eigenvalue weighted by Crippen LogP contribution is 2.17. The van der Waals surface area contributed by atoms with Crippen molar-refractivity contribution in [2.45, 2.75) is 32.8 Å². The summed E-state index contributed by atoms with van der Waals surface area (Å²) in [4.78, 5) is 24.4. The minimum atomic E-state index is -0.473. The lowest BCUT2D eigenvalue weighted by atomic mass is 10.1. The molecular weight excluding hydrogens is 406 g/mol. The van der Waals surface area contributed by atoms with Crippen LogP contribution in [0.4, 0.5) is 5.69 Å². The third-order valence-corrected chi connectivity index (χ3v) is 5.24. The molecule has 1 atom stereocenters. The number of anilines is 1. The van der Waals surface area contributed by atoms with E-state index in [1.54, 1.807) is 30.3 Å². The van der Waals surface area contributed by atoms with Crippen molar-refractivity contribution in [2.24, 2.45) is 0 Å². The first-order valence-corrected chi connectivity index (χ1v) is 10.6. The first-order chi connectivity index (χ1) is 15.4. The summed E-state index contributed by atoms with van der Waals surface area (Å²) < 4.78 is 11.0. The maximum Gasteiger partial charge on any atom is 0.266 e. The molecule has 2 amide bonds. The second kappa shape index (κ2) is 11.1. The molecule has 0 aromatic heterocycles. The summed E-state index contributed by atoms with van der Waals surface area (Å²) in [6, 6.07) is 14.4. The summed E-state index contributed by atoms with van der Waals surface area (Å²) in [7, 11) is 0. The minimum Gasteiger partial charge on any atom is -0.484 e. The predicted octanol–water partition coefficient (Wildman–Crippen LogP) is 3.52. The lowest BCUT2D eigenvalue weighted by Gasteiger charge is -2.11. The summed E-state index contributed by atoms with van der Waals surface area (Å²) in [5, 5.41) is 15.0. The van der Waals surface area contributed by atoms with Crippen molar-refractivity contribution < 1.29 is 19.1 Å². The molecule has 32 heavy (non-hydrogen) atoms. The van der Waals surface area contributed by atoms with Crippen LogP contribution in [-0.2, 0) is 14.3 Å².